The summed E-state index contributed by atoms with van der Waals surface area (Å²) in [5.41, 5.74) is 0. The molecule has 2 aromatic heterocycles. The molecule has 0 aliphatic carbocycles. The molecular weight excluding hydrogens is 334 g/mol. The number of amides is 1. The highest BCUT2D eigenvalue weighted by molar-refractivity contribution is 9.09. The Balaban J connectivity index is 1.83. The fourth-order valence-electron chi connectivity index (χ4n) is 1.57. The van der Waals surface area contributed by atoms with E-state index in [9.17, 15) is 4.79 Å². The molecule has 1 amide bonds. The van der Waals surface area contributed by atoms with Crippen molar-refractivity contribution >= 4 is 53.9 Å². The van der Waals surface area contributed by atoms with E-state index in [1.807, 2.05) is 11.4 Å². The lowest BCUT2D eigenvalue weighted by atomic mass is 10.3. The van der Waals surface area contributed by atoms with Crippen LogP contribution < -0.4 is 5.32 Å². The monoisotopic (exact) mass is 347 g/mol. The van der Waals surface area contributed by atoms with Crippen LogP contribution in [0.2, 0.25) is 0 Å². The van der Waals surface area contributed by atoms with Gasteiger partial charge in [0.05, 0.1) is 11.5 Å². The number of hydrogen-bond acceptors (Lipinski definition) is 4. The van der Waals surface area contributed by atoms with Gasteiger partial charge in [0.1, 0.15) is 0 Å². The second-order valence-corrected chi connectivity index (χ2v) is 7.18. The van der Waals surface area contributed by atoms with Crippen LogP contribution in [0.4, 0.5) is 0 Å². The first-order valence-corrected chi connectivity index (χ1v) is 8.20. The van der Waals surface area contributed by atoms with Gasteiger partial charge in [-0.05, 0) is 23.9 Å². The summed E-state index contributed by atoms with van der Waals surface area (Å²) in [5.74, 6) is 0.0144. The molecule has 1 atom stereocenters. The van der Waals surface area contributed by atoms with Crippen LogP contribution in [0.15, 0.2) is 17.5 Å². The second-order valence-electron chi connectivity index (χ2n) is 3.86. The average molecular weight is 348 g/mol. The number of methoxy groups -OCH3 is 1. The number of thiophene rings is 2. The van der Waals surface area contributed by atoms with Gasteiger partial charge in [0.25, 0.3) is 5.91 Å². The standard InChI is InChI=1S/C12H14BrNO2S2/c1-16-7-8(13)2-4-14-12(15)11-6-10-9(18-11)3-5-17-10/h3,5-6,8H,2,4,7H2,1H3,(H,14,15). The average Bonchev–Trinajstić information content (AvgIpc) is 2.89. The minimum atomic E-state index is 0.0144. The Hall–Kier alpha value is -0.430. The highest BCUT2D eigenvalue weighted by Crippen LogP contribution is 2.29. The van der Waals surface area contributed by atoms with Crippen LogP contribution in [0.3, 0.4) is 0 Å². The molecular formula is C12H14BrNO2S2. The number of carbonyl (C=O) groups is 1. The third-order valence-corrected chi connectivity index (χ3v) is 5.27. The first-order chi connectivity index (χ1) is 8.70. The Morgan fingerprint density at radius 1 is 1.56 bits per heavy atom. The Morgan fingerprint density at radius 2 is 2.39 bits per heavy atom. The summed E-state index contributed by atoms with van der Waals surface area (Å²) in [4.78, 5) is 13.0. The summed E-state index contributed by atoms with van der Waals surface area (Å²) >= 11 is 6.70. The number of ether oxygens (including phenoxy) is 1. The van der Waals surface area contributed by atoms with E-state index in [-0.39, 0.29) is 10.7 Å². The van der Waals surface area contributed by atoms with Gasteiger partial charge in [0.2, 0.25) is 0 Å². The molecule has 1 unspecified atom stereocenters. The minimum Gasteiger partial charge on any atom is -0.384 e. The van der Waals surface area contributed by atoms with Crippen LogP contribution in [0.25, 0.3) is 9.40 Å². The van der Waals surface area contributed by atoms with Gasteiger partial charge >= 0.3 is 0 Å². The van der Waals surface area contributed by atoms with E-state index in [2.05, 4.69) is 27.3 Å². The van der Waals surface area contributed by atoms with Gasteiger partial charge in [-0.15, -0.1) is 22.7 Å². The topological polar surface area (TPSA) is 38.3 Å². The Labute approximate surface area is 122 Å². The summed E-state index contributed by atoms with van der Waals surface area (Å²) in [6.07, 6.45) is 0.860. The molecule has 2 aromatic rings. The van der Waals surface area contributed by atoms with Crippen molar-refractivity contribution in [3.63, 3.8) is 0 Å². The van der Waals surface area contributed by atoms with E-state index in [1.165, 1.54) is 9.40 Å². The molecule has 2 rings (SSSR count). The Morgan fingerprint density at radius 3 is 3.11 bits per heavy atom. The zero-order valence-corrected chi connectivity index (χ0v) is 13.2. The minimum absolute atomic E-state index is 0.0144. The SMILES string of the molecule is COCC(Br)CCNC(=O)c1cc2sccc2s1. The molecule has 1 N–H and O–H groups in total. The molecule has 0 fully saturated rings. The van der Waals surface area contributed by atoms with Crippen molar-refractivity contribution in [2.24, 2.45) is 0 Å². The maximum atomic E-state index is 11.9. The molecule has 98 valence electrons. The first kappa shape index (κ1) is 14.0. The molecule has 0 aromatic carbocycles. The van der Waals surface area contributed by atoms with Crippen molar-refractivity contribution in [2.45, 2.75) is 11.2 Å². The van der Waals surface area contributed by atoms with Crippen LogP contribution in [-0.2, 0) is 4.74 Å². The van der Waals surface area contributed by atoms with Crippen molar-refractivity contribution in [1.82, 2.24) is 5.32 Å². The number of fused-ring (bicyclic) bond motifs is 1. The molecule has 0 radical (unpaired) electrons. The molecule has 0 spiro atoms. The number of alkyl halides is 1. The summed E-state index contributed by atoms with van der Waals surface area (Å²) in [6.45, 7) is 1.31. The molecule has 18 heavy (non-hydrogen) atoms. The van der Waals surface area contributed by atoms with Gasteiger partial charge in [-0.25, -0.2) is 0 Å². The summed E-state index contributed by atoms with van der Waals surface area (Å²) in [5, 5.41) is 4.97. The smallest absolute Gasteiger partial charge is 0.261 e. The Kier molecular flexibility index (Phi) is 5.17. The first-order valence-electron chi connectivity index (χ1n) is 5.59. The van der Waals surface area contributed by atoms with Gasteiger partial charge in [0, 0.05) is 27.9 Å². The van der Waals surface area contributed by atoms with Gasteiger partial charge < -0.3 is 10.1 Å². The summed E-state index contributed by atoms with van der Waals surface area (Å²) in [7, 11) is 1.67. The molecule has 0 saturated heterocycles. The summed E-state index contributed by atoms with van der Waals surface area (Å²) in [6, 6.07) is 4.01. The predicted octanol–water partition coefficient (Wildman–Crippen LogP) is 3.49. The van der Waals surface area contributed by atoms with Crippen molar-refractivity contribution < 1.29 is 9.53 Å². The third kappa shape index (κ3) is 3.54. The lowest BCUT2D eigenvalue weighted by Gasteiger charge is -2.08. The van der Waals surface area contributed by atoms with Gasteiger partial charge in [0.15, 0.2) is 0 Å². The highest BCUT2D eigenvalue weighted by Gasteiger charge is 2.11. The molecule has 3 nitrogen and oxygen atoms in total. The van der Waals surface area contributed by atoms with Crippen molar-refractivity contribution in [3.8, 4) is 0 Å². The van der Waals surface area contributed by atoms with Crippen LogP contribution in [0, 0.1) is 0 Å². The highest BCUT2D eigenvalue weighted by atomic mass is 79.9. The van der Waals surface area contributed by atoms with Crippen LogP contribution in [0.1, 0.15) is 16.1 Å². The maximum absolute atomic E-state index is 11.9. The number of carbonyl (C=O) groups excluding carboxylic acids is 1. The summed E-state index contributed by atoms with van der Waals surface area (Å²) < 4.78 is 7.39. The Bertz CT molecular complexity index is 494. The molecule has 0 bridgehead atoms. The zero-order valence-electron chi connectivity index (χ0n) is 9.94. The fourth-order valence-corrected chi connectivity index (χ4v) is 4.09. The number of halogens is 1. The molecule has 0 saturated carbocycles. The second kappa shape index (κ2) is 6.65. The number of hydrogen-bond donors (Lipinski definition) is 1. The van der Waals surface area contributed by atoms with Crippen LogP contribution in [0.5, 0.6) is 0 Å². The lowest BCUT2D eigenvalue weighted by Crippen LogP contribution is -2.26. The van der Waals surface area contributed by atoms with Crippen LogP contribution >= 0.6 is 38.6 Å². The zero-order chi connectivity index (χ0) is 13.0. The van der Waals surface area contributed by atoms with E-state index in [4.69, 9.17) is 4.74 Å². The number of nitrogens with one attached hydrogen (secondary N) is 1. The van der Waals surface area contributed by atoms with Crippen molar-refractivity contribution in [2.75, 3.05) is 20.3 Å². The molecule has 2 heterocycles. The maximum Gasteiger partial charge on any atom is 0.261 e. The van der Waals surface area contributed by atoms with E-state index < -0.39 is 0 Å². The third-order valence-electron chi connectivity index (χ3n) is 2.45. The number of rotatable bonds is 6. The lowest BCUT2D eigenvalue weighted by molar-refractivity contribution is 0.0956. The van der Waals surface area contributed by atoms with Crippen molar-refractivity contribution in [1.29, 1.82) is 0 Å². The van der Waals surface area contributed by atoms with Gasteiger partial charge in [-0.2, -0.15) is 0 Å². The molecule has 6 heteroatoms. The van der Waals surface area contributed by atoms with Crippen molar-refractivity contribution in [3.05, 3.63) is 22.4 Å². The van der Waals surface area contributed by atoms with Crippen LogP contribution in [-0.4, -0.2) is 31.0 Å². The molecule has 0 aliphatic rings. The van der Waals surface area contributed by atoms with E-state index in [0.29, 0.717) is 13.2 Å². The fraction of sp³-hybridized carbons (Fsp3) is 0.417. The van der Waals surface area contributed by atoms with E-state index in [1.54, 1.807) is 29.8 Å². The largest absolute Gasteiger partial charge is 0.384 e. The van der Waals surface area contributed by atoms with Gasteiger partial charge in [-0.3, -0.25) is 4.79 Å². The normalized spacial score (nSPS) is 12.8. The van der Waals surface area contributed by atoms with Gasteiger partial charge in [-0.1, -0.05) is 15.9 Å². The molecule has 0 aliphatic heterocycles. The predicted molar refractivity (Wildman–Crippen MR) is 81.2 cm³/mol. The van der Waals surface area contributed by atoms with E-state index in [0.717, 1.165) is 11.3 Å². The van der Waals surface area contributed by atoms with E-state index >= 15 is 0 Å². The quantitative estimate of drug-likeness (QED) is 0.812.